The molecule has 2 atom stereocenters. The molecule has 2 rings (SSSR count). The van der Waals surface area contributed by atoms with Crippen LogP contribution in [0.5, 0.6) is 0 Å². The molecule has 1 saturated heterocycles. The van der Waals surface area contributed by atoms with Gasteiger partial charge >= 0.3 is 0 Å². The molecule has 0 aliphatic carbocycles. The van der Waals surface area contributed by atoms with Crippen LogP contribution in [0.1, 0.15) is 35.9 Å². The van der Waals surface area contributed by atoms with E-state index in [-0.39, 0.29) is 17.9 Å². The number of rotatable bonds is 4. The van der Waals surface area contributed by atoms with Gasteiger partial charge in [0.1, 0.15) is 5.69 Å². The van der Waals surface area contributed by atoms with Gasteiger partial charge in [-0.2, -0.15) is 5.10 Å². The van der Waals surface area contributed by atoms with Crippen molar-refractivity contribution in [3.8, 4) is 0 Å². The fourth-order valence-electron chi connectivity index (χ4n) is 2.37. The van der Waals surface area contributed by atoms with Crippen LogP contribution < -0.4 is 10.6 Å². The summed E-state index contributed by atoms with van der Waals surface area (Å²) in [6, 6.07) is 1.82. The van der Waals surface area contributed by atoms with Gasteiger partial charge in [-0.15, -0.1) is 0 Å². The minimum Gasteiger partial charge on any atom is -0.391 e. The van der Waals surface area contributed by atoms with E-state index in [0.29, 0.717) is 24.7 Å². The number of amides is 1. The minimum absolute atomic E-state index is 0.0808. The Balaban J connectivity index is 1.94. The van der Waals surface area contributed by atoms with Crippen molar-refractivity contribution in [2.24, 2.45) is 13.0 Å². The summed E-state index contributed by atoms with van der Waals surface area (Å²) < 4.78 is 1.74. The van der Waals surface area contributed by atoms with E-state index >= 15 is 0 Å². The Hall–Kier alpha value is -1.40. The Bertz CT molecular complexity index is 455. The highest BCUT2D eigenvalue weighted by Crippen LogP contribution is 2.14. The molecule has 106 valence electrons. The summed E-state index contributed by atoms with van der Waals surface area (Å²) >= 11 is 0. The lowest BCUT2D eigenvalue weighted by atomic mass is 10.1. The number of nitrogens with one attached hydrogen (secondary N) is 2. The topological polar surface area (TPSA) is 79.2 Å². The van der Waals surface area contributed by atoms with Gasteiger partial charge in [0, 0.05) is 38.3 Å². The summed E-state index contributed by atoms with van der Waals surface area (Å²) in [6.45, 7) is 5.95. The van der Waals surface area contributed by atoms with E-state index in [4.69, 9.17) is 0 Å². The molecule has 1 aliphatic rings. The zero-order chi connectivity index (χ0) is 14.0. The Morgan fingerprint density at radius 2 is 2.37 bits per heavy atom. The number of hydrogen-bond acceptors (Lipinski definition) is 4. The molecule has 1 fully saturated rings. The molecule has 0 aromatic carbocycles. The van der Waals surface area contributed by atoms with E-state index in [1.807, 2.05) is 13.1 Å². The van der Waals surface area contributed by atoms with Gasteiger partial charge in [-0.3, -0.25) is 9.48 Å². The van der Waals surface area contributed by atoms with Crippen molar-refractivity contribution in [2.45, 2.75) is 25.9 Å². The van der Waals surface area contributed by atoms with Crippen LogP contribution in [0.3, 0.4) is 0 Å². The monoisotopic (exact) mass is 266 g/mol. The molecule has 0 radical (unpaired) electrons. The molecule has 2 unspecified atom stereocenters. The number of hydrogen-bond donors (Lipinski definition) is 3. The summed E-state index contributed by atoms with van der Waals surface area (Å²) in [5.74, 6) is 0.235. The second kappa shape index (κ2) is 5.71. The highest BCUT2D eigenvalue weighted by Gasteiger charge is 2.25. The van der Waals surface area contributed by atoms with Crippen LogP contribution in [0.25, 0.3) is 0 Å². The van der Waals surface area contributed by atoms with E-state index in [1.165, 1.54) is 0 Å². The molecule has 1 aromatic rings. The molecule has 1 amide bonds. The number of aliphatic hydroxyl groups is 1. The third kappa shape index (κ3) is 3.13. The number of carbonyl (C=O) groups excluding carboxylic acids is 1. The first-order chi connectivity index (χ1) is 8.99. The predicted octanol–water partition coefficient (Wildman–Crippen LogP) is -0.146. The molecule has 6 heteroatoms. The molecule has 2 heterocycles. The summed E-state index contributed by atoms with van der Waals surface area (Å²) in [6.07, 6.45) is -0.379. The zero-order valence-electron chi connectivity index (χ0n) is 11.7. The molecular weight excluding hydrogens is 244 g/mol. The van der Waals surface area contributed by atoms with Crippen LogP contribution in [0.15, 0.2) is 6.07 Å². The third-order valence-electron chi connectivity index (χ3n) is 3.57. The smallest absolute Gasteiger partial charge is 0.271 e. The maximum atomic E-state index is 12.0. The van der Waals surface area contributed by atoms with Crippen LogP contribution in [0.2, 0.25) is 0 Å². The maximum Gasteiger partial charge on any atom is 0.271 e. The maximum absolute atomic E-state index is 12.0. The van der Waals surface area contributed by atoms with Crippen LogP contribution in [0.4, 0.5) is 0 Å². The zero-order valence-corrected chi connectivity index (χ0v) is 11.7. The summed E-state index contributed by atoms with van der Waals surface area (Å²) in [4.78, 5) is 12.0. The lowest BCUT2D eigenvalue weighted by Crippen LogP contribution is -2.34. The second-order valence-electron chi connectivity index (χ2n) is 5.43. The van der Waals surface area contributed by atoms with Gasteiger partial charge in [0.25, 0.3) is 5.91 Å². The first-order valence-electron chi connectivity index (χ1n) is 6.70. The van der Waals surface area contributed by atoms with Gasteiger partial charge in [-0.05, 0) is 12.0 Å². The van der Waals surface area contributed by atoms with Crippen molar-refractivity contribution in [1.82, 2.24) is 20.4 Å². The highest BCUT2D eigenvalue weighted by molar-refractivity contribution is 5.92. The molecule has 1 aromatic heterocycles. The van der Waals surface area contributed by atoms with Gasteiger partial charge < -0.3 is 15.7 Å². The largest absolute Gasteiger partial charge is 0.391 e. The van der Waals surface area contributed by atoms with Gasteiger partial charge in [0.05, 0.1) is 6.10 Å². The highest BCUT2D eigenvalue weighted by atomic mass is 16.3. The number of β-amino-alcohol motifs (C(OH)–C–C–N with tert-alkyl or cyclic N) is 1. The first kappa shape index (κ1) is 14.0. The number of carbonyl (C=O) groups is 1. The molecular formula is C13H22N4O2. The Kier molecular flexibility index (Phi) is 4.21. The Labute approximate surface area is 113 Å². The summed E-state index contributed by atoms with van der Waals surface area (Å²) in [5, 5.41) is 19.8. The lowest BCUT2D eigenvalue weighted by Gasteiger charge is -2.13. The molecule has 1 aliphatic heterocycles. The van der Waals surface area contributed by atoms with Crippen molar-refractivity contribution in [3.63, 3.8) is 0 Å². The molecule has 3 N–H and O–H groups in total. The van der Waals surface area contributed by atoms with Gasteiger partial charge in [0.2, 0.25) is 0 Å². The van der Waals surface area contributed by atoms with Crippen LogP contribution in [0, 0.1) is 5.92 Å². The second-order valence-corrected chi connectivity index (χ2v) is 5.43. The van der Waals surface area contributed by atoms with Crippen LogP contribution in [-0.4, -0.2) is 46.5 Å². The number of nitrogens with zero attached hydrogens (tertiary/aromatic N) is 2. The third-order valence-corrected chi connectivity index (χ3v) is 3.57. The fourth-order valence-corrected chi connectivity index (χ4v) is 2.37. The number of aliphatic hydroxyl groups excluding tert-OH is 1. The van der Waals surface area contributed by atoms with Gasteiger partial charge in [-0.1, -0.05) is 13.8 Å². The SMILES string of the molecule is CC(C)c1cc(C(=O)NCC2CNCC2O)nn1C. The fraction of sp³-hybridized carbons (Fsp3) is 0.692. The molecule has 6 nitrogen and oxygen atoms in total. The molecule has 19 heavy (non-hydrogen) atoms. The Morgan fingerprint density at radius 3 is 2.89 bits per heavy atom. The van der Waals surface area contributed by atoms with E-state index in [9.17, 15) is 9.90 Å². The lowest BCUT2D eigenvalue weighted by molar-refractivity contribution is 0.0921. The standard InChI is InChI=1S/C13H22N4O2/c1-8(2)11-4-10(16-17(11)3)13(19)15-6-9-5-14-7-12(9)18/h4,8-9,12,14,18H,5-7H2,1-3H3,(H,15,19). The van der Waals surface area contributed by atoms with E-state index < -0.39 is 0 Å². The van der Waals surface area contributed by atoms with Crippen LogP contribution >= 0.6 is 0 Å². The Morgan fingerprint density at radius 1 is 1.63 bits per heavy atom. The van der Waals surface area contributed by atoms with E-state index in [0.717, 1.165) is 12.2 Å². The molecule has 0 spiro atoms. The van der Waals surface area contributed by atoms with Gasteiger partial charge in [0.15, 0.2) is 0 Å². The molecule has 0 bridgehead atoms. The quantitative estimate of drug-likeness (QED) is 0.708. The summed E-state index contributed by atoms with van der Waals surface area (Å²) in [7, 11) is 1.84. The number of aromatic nitrogens is 2. The van der Waals surface area contributed by atoms with Crippen molar-refractivity contribution < 1.29 is 9.90 Å². The van der Waals surface area contributed by atoms with Crippen molar-refractivity contribution in [3.05, 3.63) is 17.5 Å². The predicted molar refractivity (Wildman–Crippen MR) is 72.0 cm³/mol. The average Bonchev–Trinajstić information content (AvgIpc) is 2.92. The van der Waals surface area contributed by atoms with Crippen molar-refractivity contribution in [2.75, 3.05) is 19.6 Å². The first-order valence-corrected chi connectivity index (χ1v) is 6.70. The summed E-state index contributed by atoms with van der Waals surface area (Å²) in [5.41, 5.74) is 1.47. The average molecular weight is 266 g/mol. The molecule has 0 saturated carbocycles. The van der Waals surface area contributed by atoms with E-state index in [2.05, 4.69) is 29.6 Å². The minimum atomic E-state index is -0.379. The normalized spacial score (nSPS) is 23.0. The van der Waals surface area contributed by atoms with Gasteiger partial charge in [-0.25, -0.2) is 0 Å². The number of aryl methyl sites for hydroxylation is 1. The van der Waals surface area contributed by atoms with Crippen molar-refractivity contribution in [1.29, 1.82) is 0 Å². The van der Waals surface area contributed by atoms with Crippen LogP contribution in [-0.2, 0) is 7.05 Å². The van der Waals surface area contributed by atoms with E-state index in [1.54, 1.807) is 4.68 Å². The van der Waals surface area contributed by atoms with Crippen molar-refractivity contribution >= 4 is 5.91 Å².